The summed E-state index contributed by atoms with van der Waals surface area (Å²) in [4.78, 5) is 15.0. The van der Waals surface area contributed by atoms with Gasteiger partial charge >= 0.3 is 0 Å². The molecule has 3 heterocycles. The van der Waals surface area contributed by atoms with Crippen LogP contribution in [-0.4, -0.2) is 47.3 Å². The minimum Gasteiger partial charge on any atom is -0.463 e. The van der Waals surface area contributed by atoms with Gasteiger partial charge in [-0.15, -0.1) is 0 Å². The van der Waals surface area contributed by atoms with E-state index in [1.54, 1.807) is 17.0 Å². The van der Waals surface area contributed by atoms with E-state index in [1.165, 1.54) is 0 Å². The summed E-state index contributed by atoms with van der Waals surface area (Å²) in [5.41, 5.74) is 1.92. The number of rotatable bonds is 5. The Morgan fingerprint density at radius 1 is 1.25 bits per heavy atom. The Kier molecular flexibility index (Phi) is 5.50. The summed E-state index contributed by atoms with van der Waals surface area (Å²) in [6, 6.07) is 12.9. The second-order valence-corrected chi connectivity index (χ2v) is 7.51. The Labute approximate surface area is 169 Å². The molecule has 0 radical (unpaired) electrons. The molecule has 7 heteroatoms. The minimum absolute atomic E-state index is 0.0449. The summed E-state index contributed by atoms with van der Waals surface area (Å²) in [7, 11) is 1.97. The van der Waals surface area contributed by atoms with Gasteiger partial charge in [0.05, 0.1) is 12.0 Å². The molecule has 0 atom stereocenters. The van der Waals surface area contributed by atoms with Crippen molar-refractivity contribution in [3.63, 3.8) is 0 Å². The van der Waals surface area contributed by atoms with Gasteiger partial charge in [0, 0.05) is 24.2 Å². The quantitative estimate of drug-likeness (QED) is 0.708. The molecule has 0 spiro atoms. The molecule has 0 unspecified atom stereocenters. The van der Waals surface area contributed by atoms with Crippen LogP contribution in [0.3, 0.4) is 0 Å². The predicted molar refractivity (Wildman–Crippen MR) is 109 cm³/mol. The Balaban J connectivity index is 1.63. The molecule has 0 saturated carbocycles. The number of aromatic nitrogens is 2. The van der Waals surface area contributed by atoms with E-state index in [9.17, 15) is 4.79 Å². The molecule has 1 fully saturated rings. The third kappa shape index (κ3) is 3.84. The van der Waals surface area contributed by atoms with Gasteiger partial charge < -0.3 is 14.6 Å². The maximum Gasteiger partial charge on any atom is 0.274 e. The van der Waals surface area contributed by atoms with Crippen LogP contribution in [0.5, 0.6) is 0 Å². The molecule has 1 amide bonds. The Bertz CT molecular complexity index is 943. The van der Waals surface area contributed by atoms with Gasteiger partial charge in [-0.3, -0.25) is 4.79 Å². The molecular formula is C21H23ClN4O2. The topological polar surface area (TPSA) is 63.3 Å². The second kappa shape index (κ2) is 8.20. The van der Waals surface area contributed by atoms with E-state index in [0.29, 0.717) is 22.4 Å². The summed E-state index contributed by atoms with van der Waals surface area (Å²) in [6.45, 7) is 2.50. The number of piperidine rings is 1. The van der Waals surface area contributed by atoms with Crippen molar-refractivity contribution in [3.05, 3.63) is 59.4 Å². The van der Waals surface area contributed by atoms with Crippen LogP contribution in [-0.2, 0) is 0 Å². The molecule has 0 bridgehead atoms. The maximum atomic E-state index is 13.1. The van der Waals surface area contributed by atoms with Crippen molar-refractivity contribution in [2.24, 2.45) is 5.92 Å². The van der Waals surface area contributed by atoms with Crippen LogP contribution in [0.2, 0.25) is 5.02 Å². The molecule has 1 aromatic carbocycles. The highest BCUT2D eigenvalue weighted by Crippen LogP contribution is 2.27. The van der Waals surface area contributed by atoms with Crippen molar-refractivity contribution in [3.8, 4) is 17.1 Å². The molecule has 1 aliphatic heterocycles. The molecule has 0 aliphatic carbocycles. The molecule has 1 saturated heterocycles. The first-order chi connectivity index (χ1) is 13.7. The summed E-state index contributed by atoms with van der Waals surface area (Å²) < 4.78 is 7.28. The Morgan fingerprint density at radius 3 is 2.75 bits per heavy atom. The van der Waals surface area contributed by atoms with E-state index < -0.39 is 0 Å². The highest BCUT2D eigenvalue weighted by atomic mass is 35.5. The normalized spacial score (nSPS) is 15.1. The summed E-state index contributed by atoms with van der Waals surface area (Å²) in [5.74, 6) is 1.23. The first-order valence-electron chi connectivity index (χ1n) is 9.49. The lowest BCUT2D eigenvalue weighted by Gasteiger charge is -2.31. The van der Waals surface area contributed by atoms with Gasteiger partial charge in [0.1, 0.15) is 5.69 Å². The predicted octanol–water partition coefficient (Wildman–Crippen LogP) is 3.86. The summed E-state index contributed by atoms with van der Waals surface area (Å²) >= 11 is 6.16. The van der Waals surface area contributed by atoms with E-state index in [0.717, 1.165) is 43.9 Å². The fourth-order valence-electron chi connectivity index (χ4n) is 3.68. The van der Waals surface area contributed by atoms with Gasteiger partial charge in [-0.2, -0.15) is 5.10 Å². The molecule has 2 aromatic heterocycles. The minimum atomic E-state index is -0.0449. The third-order valence-corrected chi connectivity index (χ3v) is 5.38. The van der Waals surface area contributed by atoms with Gasteiger partial charge in [-0.05, 0) is 62.7 Å². The maximum absolute atomic E-state index is 13.1. The number of hydrogen-bond acceptors (Lipinski definition) is 4. The summed E-state index contributed by atoms with van der Waals surface area (Å²) in [6.07, 6.45) is 3.62. The molecule has 1 aliphatic rings. The lowest BCUT2D eigenvalue weighted by molar-refractivity contribution is 0.0684. The number of amides is 1. The van der Waals surface area contributed by atoms with E-state index in [-0.39, 0.29) is 5.91 Å². The second-order valence-electron chi connectivity index (χ2n) is 7.08. The van der Waals surface area contributed by atoms with Crippen molar-refractivity contribution in [2.75, 3.05) is 26.7 Å². The van der Waals surface area contributed by atoms with Crippen molar-refractivity contribution < 1.29 is 9.21 Å². The average molecular weight is 399 g/mol. The average Bonchev–Trinajstić information content (AvgIpc) is 3.38. The molecular weight excluding hydrogens is 376 g/mol. The van der Waals surface area contributed by atoms with Gasteiger partial charge in [0.15, 0.2) is 11.5 Å². The first kappa shape index (κ1) is 18.8. The van der Waals surface area contributed by atoms with Gasteiger partial charge in [-0.1, -0.05) is 17.7 Å². The van der Waals surface area contributed by atoms with E-state index in [4.69, 9.17) is 16.0 Å². The number of furan rings is 1. The highest BCUT2D eigenvalue weighted by molar-refractivity contribution is 6.30. The number of benzene rings is 1. The van der Waals surface area contributed by atoms with Crippen LogP contribution < -0.4 is 5.32 Å². The zero-order valence-corrected chi connectivity index (χ0v) is 16.5. The standard InChI is InChI=1S/C21H23ClN4O2/c1-23-14-15-7-9-25(10-8-15)21(27)18-13-19(20-6-3-11-28-20)26(24-18)17-5-2-4-16(22)12-17/h2-6,11-13,15,23H,7-10,14H2,1H3. The lowest BCUT2D eigenvalue weighted by Crippen LogP contribution is -2.40. The molecule has 146 valence electrons. The molecule has 6 nitrogen and oxygen atoms in total. The van der Waals surface area contributed by atoms with Crippen LogP contribution in [0, 0.1) is 5.92 Å². The van der Waals surface area contributed by atoms with Crippen molar-refractivity contribution in [2.45, 2.75) is 12.8 Å². The van der Waals surface area contributed by atoms with Gasteiger partial charge in [0.25, 0.3) is 5.91 Å². The van der Waals surface area contributed by atoms with Crippen molar-refractivity contribution >= 4 is 17.5 Å². The van der Waals surface area contributed by atoms with Crippen LogP contribution in [0.1, 0.15) is 23.3 Å². The number of hydrogen-bond donors (Lipinski definition) is 1. The van der Waals surface area contributed by atoms with Crippen molar-refractivity contribution in [1.82, 2.24) is 20.0 Å². The Morgan fingerprint density at radius 2 is 2.07 bits per heavy atom. The zero-order valence-electron chi connectivity index (χ0n) is 15.8. The van der Waals surface area contributed by atoms with Crippen LogP contribution in [0.25, 0.3) is 17.1 Å². The van der Waals surface area contributed by atoms with Gasteiger partial charge in [0.2, 0.25) is 0 Å². The molecule has 1 N–H and O–H groups in total. The van der Waals surface area contributed by atoms with Crippen LogP contribution in [0.4, 0.5) is 0 Å². The monoisotopic (exact) mass is 398 g/mol. The molecule has 28 heavy (non-hydrogen) atoms. The van der Waals surface area contributed by atoms with E-state index in [1.807, 2.05) is 48.3 Å². The van der Waals surface area contributed by atoms with Crippen LogP contribution >= 0.6 is 11.6 Å². The number of nitrogens with zero attached hydrogens (tertiary/aromatic N) is 3. The highest BCUT2D eigenvalue weighted by Gasteiger charge is 2.26. The SMILES string of the molecule is CNCC1CCN(C(=O)c2cc(-c3ccco3)n(-c3cccc(Cl)c3)n2)CC1. The van der Waals surface area contributed by atoms with Gasteiger partial charge in [-0.25, -0.2) is 4.68 Å². The van der Waals surface area contributed by atoms with E-state index >= 15 is 0 Å². The number of likely N-dealkylation sites (tertiary alicyclic amines) is 1. The number of nitrogens with one attached hydrogen (secondary N) is 1. The molecule has 3 aromatic rings. The number of carbonyl (C=O) groups is 1. The van der Waals surface area contributed by atoms with Crippen molar-refractivity contribution in [1.29, 1.82) is 0 Å². The fourth-order valence-corrected chi connectivity index (χ4v) is 3.87. The first-order valence-corrected chi connectivity index (χ1v) is 9.87. The largest absolute Gasteiger partial charge is 0.463 e. The fraction of sp³-hybridized carbons (Fsp3) is 0.333. The lowest BCUT2D eigenvalue weighted by atomic mass is 9.96. The molecule has 4 rings (SSSR count). The zero-order chi connectivity index (χ0) is 19.5. The number of carbonyl (C=O) groups excluding carboxylic acids is 1. The summed E-state index contributed by atoms with van der Waals surface area (Å²) in [5, 5.41) is 8.43. The van der Waals surface area contributed by atoms with E-state index in [2.05, 4.69) is 10.4 Å². The Hall–Kier alpha value is -2.57. The number of halogens is 1. The van der Waals surface area contributed by atoms with Crippen LogP contribution in [0.15, 0.2) is 53.1 Å². The third-order valence-electron chi connectivity index (χ3n) is 5.15. The smallest absolute Gasteiger partial charge is 0.274 e.